The zero-order chi connectivity index (χ0) is 17.3. The highest BCUT2D eigenvalue weighted by Gasteiger charge is 2.23. The van der Waals surface area contributed by atoms with Crippen molar-refractivity contribution in [1.29, 1.82) is 0 Å². The fourth-order valence-electron chi connectivity index (χ4n) is 2.98. The van der Waals surface area contributed by atoms with Crippen LogP contribution in [0.5, 0.6) is 0 Å². The average molecular weight is 339 g/mol. The zero-order valence-corrected chi connectivity index (χ0v) is 17.7. The van der Waals surface area contributed by atoms with Crippen LogP contribution in [0.3, 0.4) is 0 Å². The second kappa shape index (κ2) is 6.62. The molecule has 122 valence electrons. The van der Waals surface area contributed by atoms with E-state index < -0.39 is 16.1 Å². The maximum Gasteiger partial charge on any atom is 0.0784 e. The third-order valence-corrected chi connectivity index (χ3v) is 7.24. The molecule has 2 aromatic rings. The lowest BCUT2D eigenvalue weighted by Gasteiger charge is -2.25. The standard InChI is InChI=1S/C21H30Si2/c1-17-12-8-9-13-18(17)20(16-22(2,3)4)19-14-10-11-15-21(19)23(5,6)7/h8-16H,1-7H3/b20-16-. The van der Waals surface area contributed by atoms with E-state index in [-0.39, 0.29) is 0 Å². The summed E-state index contributed by atoms with van der Waals surface area (Å²) in [6.07, 6.45) is 0. The summed E-state index contributed by atoms with van der Waals surface area (Å²) in [6, 6.07) is 17.9. The molecular weight excluding hydrogens is 308 g/mol. The molecule has 0 aliphatic heterocycles. The van der Waals surface area contributed by atoms with Gasteiger partial charge in [0.2, 0.25) is 0 Å². The maximum atomic E-state index is 2.58. The van der Waals surface area contributed by atoms with E-state index in [1.165, 1.54) is 22.3 Å². The summed E-state index contributed by atoms with van der Waals surface area (Å²) in [5.41, 5.74) is 8.22. The lowest BCUT2D eigenvalue weighted by atomic mass is 9.96. The molecule has 0 unspecified atom stereocenters. The molecule has 0 nitrogen and oxygen atoms in total. The number of benzene rings is 2. The minimum atomic E-state index is -1.39. The van der Waals surface area contributed by atoms with Crippen molar-refractivity contribution in [3.05, 3.63) is 70.9 Å². The fourth-order valence-corrected chi connectivity index (χ4v) is 5.78. The molecule has 0 aliphatic rings. The molecule has 0 aliphatic carbocycles. The van der Waals surface area contributed by atoms with Crippen molar-refractivity contribution in [2.24, 2.45) is 0 Å². The molecule has 0 spiro atoms. The van der Waals surface area contributed by atoms with Gasteiger partial charge in [-0.3, -0.25) is 0 Å². The summed E-state index contributed by atoms with van der Waals surface area (Å²) < 4.78 is 0. The molecule has 0 saturated carbocycles. The lowest BCUT2D eigenvalue weighted by molar-refractivity contribution is 1.41. The SMILES string of the molecule is Cc1ccccc1/C(=C/[Si](C)(C)C)c1ccccc1[Si](C)(C)C. The van der Waals surface area contributed by atoms with Gasteiger partial charge in [0.05, 0.1) is 16.1 Å². The van der Waals surface area contributed by atoms with Crippen LogP contribution in [0.1, 0.15) is 16.7 Å². The van der Waals surface area contributed by atoms with Gasteiger partial charge in [-0.15, -0.1) is 0 Å². The van der Waals surface area contributed by atoms with Gasteiger partial charge in [-0.1, -0.05) is 98.7 Å². The molecule has 2 aromatic carbocycles. The summed E-state index contributed by atoms with van der Waals surface area (Å²) in [7, 11) is -2.73. The van der Waals surface area contributed by atoms with Crippen molar-refractivity contribution in [2.75, 3.05) is 0 Å². The minimum absolute atomic E-state index is 1.34. The Hall–Kier alpha value is -1.39. The van der Waals surface area contributed by atoms with Crippen LogP contribution in [0.15, 0.2) is 54.2 Å². The summed E-state index contributed by atoms with van der Waals surface area (Å²) in [6.45, 7) is 16.8. The van der Waals surface area contributed by atoms with Gasteiger partial charge in [-0.25, -0.2) is 0 Å². The van der Waals surface area contributed by atoms with E-state index in [9.17, 15) is 0 Å². The summed E-state index contributed by atoms with van der Waals surface area (Å²) in [4.78, 5) is 0. The Morgan fingerprint density at radius 3 is 1.78 bits per heavy atom. The van der Waals surface area contributed by atoms with Crippen LogP contribution >= 0.6 is 0 Å². The van der Waals surface area contributed by atoms with Crippen LogP contribution in [-0.2, 0) is 0 Å². The second-order valence-electron chi connectivity index (χ2n) is 8.53. The molecule has 0 radical (unpaired) electrons. The van der Waals surface area contributed by atoms with Crippen LogP contribution in [-0.4, -0.2) is 16.1 Å². The van der Waals surface area contributed by atoms with Gasteiger partial charge in [0, 0.05) is 0 Å². The van der Waals surface area contributed by atoms with Gasteiger partial charge >= 0.3 is 0 Å². The molecule has 2 rings (SSSR count). The van der Waals surface area contributed by atoms with Crippen LogP contribution in [0.25, 0.3) is 5.57 Å². The molecule has 2 heteroatoms. The van der Waals surface area contributed by atoms with Gasteiger partial charge in [-0.05, 0) is 29.2 Å². The normalized spacial score (nSPS) is 13.3. The Balaban J connectivity index is 2.76. The van der Waals surface area contributed by atoms with Crippen molar-refractivity contribution >= 4 is 26.9 Å². The highest BCUT2D eigenvalue weighted by molar-refractivity contribution is 6.89. The first kappa shape index (κ1) is 18.0. The van der Waals surface area contributed by atoms with E-state index in [1.54, 1.807) is 5.19 Å². The van der Waals surface area contributed by atoms with Gasteiger partial charge in [-0.2, -0.15) is 0 Å². The fraction of sp³-hybridized carbons (Fsp3) is 0.333. The first-order chi connectivity index (χ1) is 10.6. The smallest absolute Gasteiger partial charge is 0.0784 e. The van der Waals surface area contributed by atoms with Gasteiger partial charge in [0.1, 0.15) is 0 Å². The Morgan fingerprint density at radius 2 is 1.26 bits per heavy atom. The first-order valence-corrected chi connectivity index (χ1v) is 15.6. The van der Waals surface area contributed by atoms with Gasteiger partial charge < -0.3 is 0 Å². The molecule has 0 atom stereocenters. The largest absolute Gasteiger partial charge is 0.0867 e. The van der Waals surface area contributed by atoms with Crippen LogP contribution < -0.4 is 5.19 Å². The van der Waals surface area contributed by atoms with Gasteiger partial charge in [0.25, 0.3) is 0 Å². The number of hydrogen-bond acceptors (Lipinski definition) is 0. The highest BCUT2D eigenvalue weighted by atomic mass is 28.3. The van der Waals surface area contributed by atoms with E-state index in [2.05, 4.69) is 100 Å². The minimum Gasteiger partial charge on any atom is -0.0867 e. The second-order valence-corrected chi connectivity index (χ2v) is 18.6. The molecule has 0 aromatic heterocycles. The van der Waals surface area contributed by atoms with Gasteiger partial charge in [0.15, 0.2) is 0 Å². The number of aryl methyl sites for hydroxylation is 1. The monoisotopic (exact) mass is 338 g/mol. The van der Waals surface area contributed by atoms with E-state index in [0.717, 1.165) is 0 Å². The van der Waals surface area contributed by atoms with Crippen molar-refractivity contribution in [2.45, 2.75) is 46.2 Å². The molecule has 0 bridgehead atoms. The third kappa shape index (κ3) is 4.55. The predicted octanol–water partition coefficient (Wildman–Crippen LogP) is 5.85. The van der Waals surface area contributed by atoms with Crippen molar-refractivity contribution in [1.82, 2.24) is 0 Å². The maximum absolute atomic E-state index is 2.58. The summed E-state index contributed by atoms with van der Waals surface area (Å²) in [5, 5.41) is 1.56. The number of rotatable bonds is 4. The van der Waals surface area contributed by atoms with E-state index >= 15 is 0 Å². The zero-order valence-electron chi connectivity index (χ0n) is 15.7. The van der Waals surface area contributed by atoms with Crippen LogP contribution in [0, 0.1) is 6.92 Å². The molecule has 0 saturated heterocycles. The van der Waals surface area contributed by atoms with Crippen LogP contribution in [0.4, 0.5) is 0 Å². The summed E-state index contributed by atoms with van der Waals surface area (Å²) >= 11 is 0. The van der Waals surface area contributed by atoms with Crippen molar-refractivity contribution in [3.8, 4) is 0 Å². The first-order valence-electron chi connectivity index (χ1n) is 8.48. The van der Waals surface area contributed by atoms with E-state index in [1.807, 2.05) is 0 Å². The Morgan fingerprint density at radius 1 is 0.739 bits per heavy atom. The predicted molar refractivity (Wildman–Crippen MR) is 111 cm³/mol. The quantitative estimate of drug-likeness (QED) is 0.613. The van der Waals surface area contributed by atoms with Crippen molar-refractivity contribution < 1.29 is 0 Å². The van der Waals surface area contributed by atoms with E-state index in [0.29, 0.717) is 0 Å². The Kier molecular flexibility index (Phi) is 5.17. The topological polar surface area (TPSA) is 0 Å². The van der Waals surface area contributed by atoms with Crippen molar-refractivity contribution in [3.63, 3.8) is 0 Å². The van der Waals surface area contributed by atoms with E-state index in [4.69, 9.17) is 0 Å². The molecule has 23 heavy (non-hydrogen) atoms. The van der Waals surface area contributed by atoms with Crippen LogP contribution in [0.2, 0.25) is 39.3 Å². The third-order valence-electron chi connectivity index (χ3n) is 4.04. The molecular formula is C21H30Si2. The lowest BCUT2D eigenvalue weighted by Crippen LogP contribution is -2.40. The highest BCUT2D eigenvalue weighted by Crippen LogP contribution is 2.28. The Bertz CT molecular complexity index is 713. The molecule has 0 fully saturated rings. The molecule has 0 heterocycles. The Labute approximate surface area is 144 Å². The molecule has 0 amide bonds. The molecule has 0 N–H and O–H groups in total. The number of hydrogen-bond donors (Lipinski definition) is 0. The average Bonchev–Trinajstić information content (AvgIpc) is 2.44. The summed E-state index contributed by atoms with van der Waals surface area (Å²) in [5.74, 6) is 0.